The predicted octanol–water partition coefficient (Wildman–Crippen LogP) is 3.20. The second-order valence-electron chi connectivity index (χ2n) is 8.98. The van der Waals surface area contributed by atoms with Crippen molar-refractivity contribution in [1.29, 1.82) is 0 Å². The molecule has 1 aliphatic carbocycles. The van der Waals surface area contributed by atoms with E-state index in [0.29, 0.717) is 6.42 Å². The van der Waals surface area contributed by atoms with Gasteiger partial charge in [0.25, 0.3) is 0 Å². The summed E-state index contributed by atoms with van der Waals surface area (Å²) in [5.74, 6) is -1.63. The highest BCUT2D eigenvalue weighted by Crippen LogP contribution is 2.45. The van der Waals surface area contributed by atoms with Gasteiger partial charge in [0, 0.05) is 24.0 Å². The Bertz CT molecular complexity index is 754. The number of hydrogen-bond acceptors (Lipinski definition) is 6. The predicted molar refractivity (Wildman–Crippen MR) is 93.9 cm³/mol. The third-order valence-corrected chi connectivity index (χ3v) is 5.59. The molecule has 0 radical (unpaired) electrons. The van der Waals surface area contributed by atoms with Crippen LogP contribution in [0, 0.1) is 0 Å². The van der Waals surface area contributed by atoms with Gasteiger partial charge in [-0.15, -0.1) is 0 Å². The second kappa shape index (κ2) is 6.80. The van der Waals surface area contributed by atoms with Gasteiger partial charge in [-0.3, -0.25) is 0 Å². The Morgan fingerprint density at radius 2 is 1.79 bits per heavy atom. The Morgan fingerprint density at radius 3 is 2.45 bits per heavy atom. The van der Waals surface area contributed by atoms with Crippen LogP contribution >= 0.6 is 0 Å². The van der Waals surface area contributed by atoms with Crippen LogP contribution in [-0.4, -0.2) is 60.7 Å². The van der Waals surface area contributed by atoms with Crippen LogP contribution in [0.15, 0.2) is 23.3 Å². The summed E-state index contributed by atoms with van der Waals surface area (Å²) >= 11 is 0. The first-order valence-corrected chi connectivity index (χ1v) is 9.68. The topological polar surface area (TPSA) is 63.2 Å². The summed E-state index contributed by atoms with van der Waals surface area (Å²) < 4.78 is 67.8. The monoisotopic (exact) mass is 418 g/mol. The van der Waals surface area contributed by atoms with E-state index in [4.69, 9.17) is 23.7 Å². The Morgan fingerprint density at radius 1 is 1.10 bits per heavy atom. The maximum absolute atomic E-state index is 12.8. The van der Waals surface area contributed by atoms with Crippen molar-refractivity contribution in [3.8, 4) is 0 Å². The molecule has 0 spiro atoms. The van der Waals surface area contributed by atoms with Crippen LogP contribution in [0.4, 0.5) is 13.2 Å². The number of ether oxygens (including phenoxy) is 5. The molecule has 4 aliphatic rings. The van der Waals surface area contributed by atoms with Gasteiger partial charge in [0.05, 0.1) is 11.7 Å². The van der Waals surface area contributed by atoms with E-state index in [-0.39, 0.29) is 36.1 Å². The molecule has 3 fully saturated rings. The molecule has 0 N–H and O–H groups in total. The minimum atomic E-state index is -4.46. The lowest BCUT2D eigenvalue weighted by Gasteiger charge is -2.38. The van der Waals surface area contributed by atoms with Crippen LogP contribution in [0.5, 0.6) is 0 Å². The van der Waals surface area contributed by atoms with E-state index in [1.807, 2.05) is 13.8 Å². The number of carbonyl (C=O) groups excluding carboxylic acids is 1. The van der Waals surface area contributed by atoms with Crippen molar-refractivity contribution in [3.05, 3.63) is 23.3 Å². The molecule has 3 aliphatic heterocycles. The van der Waals surface area contributed by atoms with Crippen molar-refractivity contribution >= 4 is 5.97 Å². The summed E-state index contributed by atoms with van der Waals surface area (Å²) in [7, 11) is 0. The van der Waals surface area contributed by atoms with Crippen LogP contribution in [0.25, 0.3) is 0 Å². The first-order chi connectivity index (χ1) is 13.3. The van der Waals surface area contributed by atoms with Crippen LogP contribution in [0.3, 0.4) is 0 Å². The lowest BCUT2D eigenvalue weighted by Crippen LogP contribution is -2.56. The number of allylic oxidation sites excluding steroid dienone is 3. The minimum Gasteiger partial charge on any atom is -0.459 e. The van der Waals surface area contributed by atoms with E-state index in [1.165, 1.54) is 0 Å². The van der Waals surface area contributed by atoms with Gasteiger partial charge in [-0.1, -0.05) is 12.2 Å². The smallest absolute Gasteiger partial charge is 0.413 e. The standard InChI is InChI=1S/C20H25F3O6/c1-18(2)8-12-14(27-18)16-15(28-19(3,4)29-16)13(26-12)9-25-17(24)10-5-6-11(7-10)20(21,22)23/h5-6,12-16H,7-9H2,1-4H3. The zero-order valence-electron chi connectivity index (χ0n) is 16.7. The Kier molecular flexibility index (Phi) is 4.88. The Hall–Kier alpha value is -1.42. The zero-order valence-corrected chi connectivity index (χ0v) is 16.7. The van der Waals surface area contributed by atoms with Crippen molar-refractivity contribution < 1.29 is 41.7 Å². The van der Waals surface area contributed by atoms with Crippen LogP contribution < -0.4 is 0 Å². The molecule has 5 unspecified atom stereocenters. The van der Waals surface area contributed by atoms with E-state index >= 15 is 0 Å². The normalized spacial score (nSPS) is 37.6. The molecule has 9 heteroatoms. The molecule has 0 amide bonds. The molecule has 0 aromatic carbocycles. The summed E-state index contributed by atoms with van der Waals surface area (Å²) in [4.78, 5) is 12.3. The molecule has 5 atom stereocenters. The minimum absolute atomic E-state index is 0.0307. The van der Waals surface area contributed by atoms with Gasteiger partial charge in [-0.2, -0.15) is 13.2 Å². The van der Waals surface area contributed by atoms with Crippen molar-refractivity contribution in [3.63, 3.8) is 0 Å². The van der Waals surface area contributed by atoms with Gasteiger partial charge in [-0.05, 0) is 27.7 Å². The largest absolute Gasteiger partial charge is 0.459 e. The lowest BCUT2D eigenvalue weighted by molar-refractivity contribution is -0.193. The van der Waals surface area contributed by atoms with E-state index in [0.717, 1.165) is 12.2 Å². The number of halogens is 3. The molecule has 162 valence electrons. The van der Waals surface area contributed by atoms with Crippen molar-refractivity contribution in [2.24, 2.45) is 0 Å². The molecule has 3 saturated heterocycles. The summed E-state index contributed by atoms with van der Waals surface area (Å²) in [6.45, 7) is 7.38. The third-order valence-electron chi connectivity index (χ3n) is 5.59. The van der Waals surface area contributed by atoms with Gasteiger partial charge in [-0.25, -0.2) is 4.79 Å². The van der Waals surface area contributed by atoms with Gasteiger partial charge in [0.15, 0.2) is 5.79 Å². The fourth-order valence-corrected chi connectivity index (χ4v) is 4.40. The highest BCUT2D eigenvalue weighted by atomic mass is 19.4. The summed E-state index contributed by atoms with van der Waals surface area (Å²) in [5.41, 5.74) is -1.17. The number of alkyl halides is 3. The molecule has 3 heterocycles. The van der Waals surface area contributed by atoms with Gasteiger partial charge in [0.2, 0.25) is 0 Å². The molecule has 0 bridgehead atoms. The van der Waals surface area contributed by atoms with Crippen molar-refractivity contribution in [2.75, 3.05) is 6.61 Å². The fourth-order valence-electron chi connectivity index (χ4n) is 4.40. The van der Waals surface area contributed by atoms with Crippen molar-refractivity contribution in [2.45, 2.75) is 88.6 Å². The number of rotatable bonds is 3. The van der Waals surface area contributed by atoms with Crippen molar-refractivity contribution in [1.82, 2.24) is 0 Å². The molecule has 0 aromatic heterocycles. The summed E-state index contributed by atoms with van der Waals surface area (Å²) in [6, 6.07) is 0. The molecule has 29 heavy (non-hydrogen) atoms. The quantitative estimate of drug-likeness (QED) is 0.656. The highest BCUT2D eigenvalue weighted by molar-refractivity contribution is 5.90. The van der Waals surface area contributed by atoms with E-state index in [2.05, 4.69) is 0 Å². The Balaban J connectivity index is 1.40. The summed E-state index contributed by atoms with van der Waals surface area (Å²) in [6.07, 6.45) is -4.24. The van der Waals surface area contributed by atoms with Crippen LogP contribution in [0.1, 0.15) is 40.5 Å². The average molecular weight is 418 g/mol. The average Bonchev–Trinajstić information content (AvgIpc) is 3.25. The number of esters is 1. The van der Waals surface area contributed by atoms with Gasteiger partial charge >= 0.3 is 12.1 Å². The SMILES string of the molecule is CC1(C)CC2OC(COC(=O)C3=CC=C(C(F)(F)F)C3)C3OC(C)(C)OC3C2O1. The van der Waals surface area contributed by atoms with E-state index in [1.54, 1.807) is 13.8 Å². The van der Waals surface area contributed by atoms with Gasteiger partial charge < -0.3 is 23.7 Å². The fraction of sp³-hybridized carbons (Fsp3) is 0.750. The van der Waals surface area contributed by atoms with Crippen LogP contribution in [0.2, 0.25) is 0 Å². The molecule has 0 aromatic rings. The first-order valence-electron chi connectivity index (χ1n) is 9.68. The molecular formula is C20H25F3O6. The maximum atomic E-state index is 12.8. The maximum Gasteiger partial charge on any atom is 0.413 e. The van der Waals surface area contributed by atoms with Crippen LogP contribution in [-0.2, 0) is 28.5 Å². The first kappa shape index (κ1) is 20.8. The molecule has 6 nitrogen and oxygen atoms in total. The molecule has 4 rings (SSSR count). The third kappa shape index (κ3) is 4.10. The van der Waals surface area contributed by atoms with Gasteiger partial charge in [0.1, 0.15) is 31.0 Å². The van der Waals surface area contributed by atoms with E-state index < -0.39 is 42.1 Å². The second-order valence-corrected chi connectivity index (χ2v) is 8.98. The number of carbonyl (C=O) groups is 1. The number of hydrogen-bond donors (Lipinski definition) is 0. The molecular weight excluding hydrogens is 393 g/mol. The summed E-state index contributed by atoms with van der Waals surface area (Å²) in [5, 5.41) is 0. The zero-order chi connectivity index (χ0) is 21.2. The van der Waals surface area contributed by atoms with E-state index in [9.17, 15) is 18.0 Å². The highest BCUT2D eigenvalue weighted by Gasteiger charge is 2.60. The number of fused-ring (bicyclic) bond motifs is 3. The lowest BCUT2D eigenvalue weighted by atomic mass is 9.93. The Labute approximate surface area is 166 Å². The molecule has 0 saturated carbocycles.